The molecule has 2 aliphatic rings. The Morgan fingerprint density at radius 2 is 1.90 bits per heavy atom. The van der Waals surface area contributed by atoms with Gasteiger partial charge in [-0.1, -0.05) is 0 Å². The van der Waals surface area contributed by atoms with E-state index in [0.29, 0.717) is 12.6 Å². The van der Waals surface area contributed by atoms with Gasteiger partial charge in [0.15, 0.2) is 5.78 Å². The highest BCUT2D eigenvalue weighted by Gasteiger charge is 2.29. The lowest BCUT2D eigenvalue weighted by Gasteiger charge is -2.31. The van der Waals surface area contributed by atoms with Gasteiger partial charge < -0.3 is 9.47 Å². The Bertz CT molecular complexity index is 552. The third-order valence-electron chi connectivity index (χ3n) is 4.62. The molecule has 0 spiro atoms. The van der Waals surface area contributed by atoms with Crippen molar-refractivity contribution in [1.29, 1.82) is 0 Å². The average molecular weight is 289 g/mol. The summed E-state index contributed by atoms with van der Waals surface area (Å²) >= 11 is 0. The first-order valence-corrected chi connectivity index (χ1v) is 7.73. The molecule has 1 aliphatic heterocycles. The second-order valence-electron chi connectivity index (χ2n) is 6.23. The predicted octanol–water partition coefficient (Wildman–Crippen LogP) is 1.40. The molecule has 2 fully saturated rings. The van der Waals surface area contributed by atoms with E-state index in [4.69, 9.17) is 0 Å². The molecule has 0 unspecified atom stereocenters. The highest BCUT2D eigenvalue weighted by molar-refractivity contribution is 5.99. The maximum atomic E-state index is 12.6. The van der Waals surface area contributed by atoms with Gasteiger partial charge in [0.2, 0.25) is 6.41 Å². The van der Waals surface area contributed by atoms with E-state index < -0.39 is 0 Å². The molecule has 3 rings (SSSR count). The van der Waals surface area contributed by atoms with Crippen LogP contribution in [0.3, 0.4) is 0 Å². The first-order valence-electron chi connectivity index (χ1n) is 7.73. The Kier molecular flexibility index (Phi) is 3.85. The summed E-state index contributed by atoms with van der Waals surface area (Å²) in [5.41, 5.74) is 3.19. The van der Waals surface area contributed by atoms with Crippen LogP contribution in [0.25, 0.3) is 0 Å². The lowest BCUT2D eigenvalue weighted by molar-refractivity contribution is -0.119. The highest BCUT2D eigenvalue weighted by atomic mass is 16.1. The van der Waals surface area contributed by atoms with E-state index in [1.54, 1.807) is 4.90 Å². The minimum absolute atomic E-state index is 0.203. The number of rotatable bonds is 5. The quantitative estimate of drug-likeness (QED) is 0.608. The third-order valence-corrected chi connectivity index (χ3v) is 4.62. The van der Waals surface area contributed by atoms with Gasteiger partial charge >= 0.3 is 0 Å². The zero-order valence-electron chi connectivity index (χ0n) is 12.8. The first kappa shape index (κ1) is 14.3. The molecule has 0 N–H and O–H groups in total. The van der Waals surface area contributed by atoms with Gasteiger partial charge in [0.05, 0.1) is 6.54 Å². The Morgan fingerprint density at radius 1 is 1.24 bits per heavy atom. The molecular weight excluding hydrogens is 266 g/mol. The number of nitrogens with zero attached hydrogens (tertiary/aromatic N) is 3. The van der Waals surface area contributed by atoms with E-state index in [1.807, 2.05) is 6.07 Å². The SMILES string of the molecule is Cc1cc(C(=O)CN2CCN(C=O)CC2)c(C)n1C1CC1. The zero-order valence-corrected chi connectivity index (χ0v) is 12.8. The van der Waals surface area contributed by atoms with Crippen LogP contribution in [0.5, 0.6) is 0 Å². The van der Waals surface area contributed by atoms with Crippen molar-refractivity contribution in [3.63, 3.8) is 0 Å². The van der Waals surface area contributed by atoms with Crippen LogP contribution in [0.2, 0.25) is 0 Å². The number of aryl methyl sites for hydroxylation is 1. The molecule has 1 aliphatic carbocycles. The van der Waals surface area contributed by atoms with E-state index in [0.717, 1.165) is 43.8 Å². The summed E-state index contributed by atoms with van der Waals surface area (Å²) in [5.74, 6) is 0.203. The summed E-state index contributed by atoms with van der Waals surface area (Å²) in [7, 11) is 0. The fourth-order valence-electron chi connectivity index (χ4n) is 3.27. The largest absolute Gasteiger partial charge is 0.345 e. The molecule has 1 saturated heterocycles. The maximum Gasteiger partial charge on any atom is 0.209 e. The van der Waals surface area contributed by atoms with Gasteiger partial charge in [-0.15, -0.1) is 0 Å². The van der Waals surface area contributed by atoms with Crippen LogP contribution in [0.4, 0.5) is 0 Å². The molecular formula is C16H23N3O2. The molecule has 0 bridgehead atoms. The van der Waals surface area contributed by atoms with Crippen molar-refractivity contribution in [2.24, 2.45) is 0 Å². The van der Waals surface area contributed by atoms with Crippen molar-refractivity contribution in [3.8, 4) is 0 Å². The fourth-order valence-corrected chi connectivity index (χ4v) is 3.27. The van der Waals surface area contributed by atoms with Gasteiger partial charge in [-0.25, -0.2) is 0 Å². The molecule has 1 aromatic heterocycles. The monoisotopic (exact) mass is 289 g/mol. The number of amides is 1. The Morgan fingerprint density at radius 3 is 2.48 bits per heavy atom. The second-order valence-corrected chi connectivity index (χ2v) is 6.23. The van der Waals surface area contributed by atoms with Gasteiger partial charge in [-0.3, -0.25) is 14.5 Å². The smallest absolute Gasteiger partial charge is 0.209 e. The van der Waals surface area contributed by atoms with Gasteiger partial charge in [0, 0.05) is 49.2 Å². The maximum absolute atomic E-state index is 12.6. The van der Waals surface area contributed by atoms with Crippen molar-refractivity contribution < 1.29 is 9.59 Å². The van der Waals surface area contributed by atoms with E-state index in [-0.39, 0.29) is 5.78 Å². The van der Waals surface area contributed by atoms with Crippen LogP contribution in [0, 0.1) is 13.8 Å². The number of ketones is 1. The first-order chi connectivity index (χ1) is 10.1. The number of aromatic nitrogens is 1. The number of carbonyl (C=O) groups is 2. The molecule has 0 aromatic carbocycles. The Labute approximate surface area is 125 Å². The molecule has 21 heavy (non-hydrogen) atoms. The van der Waals surface area contributed by atoms with Gasteiger partial charge in [0.1, 0.15) is 0 Å². The second kappa shape index (κ2) is 5.64. The normalized spacial score (nSPS) is 19.8. The van der Waals surface area contributed by atoms with Crippen molar-refractivity contribution >= 4 is 12.2 Å². The minimum Gasteiger partial charge on any atom is -0.345 e. The molecule has 1 aromatic rings. The summed E-state index contributed by atoms with van der Waals surface area (Å²) in [6, 6.07) is 2.65. The summed E-state index contributed by atoms with van der Waals surface area (Å²) in [6.07, 6.45) is 3.36. The van der Waals surface area contributed by atoms with Gasteiger partial charge in [0.25, 0.3) is 0 Å². The lowest BCUT2D eigenvalue weighted by atomic mass is 10.1. The standard InChI is InChI=1S/C16H23N3O2/c1-12-9-15(13(2)19(12)14-3-4-14)16(21)10-17-5-7-18(11-20)8-6-17/h9,11,14H,3-8,10H2,1-2H3. The number of hydrogen-bond donors (Lipinski definition) is 0. The number of carbonyl (C=O) groups excluding carboxylic acids is 2. The van der Waals surface area contributed by atoms with E-state index >= 15 is 0 Å². The van der Waals surface area contributed by atoms with Crippen LogP contribution in [0.15, 0.2) is 6.07 Å². The fraction of sp³-hybridized carbons (Fsp3) is 0.625. The molecule has 5 nitrogen and oxygen atoms in total. The van der Waals surface area contributed by atoms with E-state index in [2.05, 4.69) is 23.3 Å². The molecule has 2 heterocycles. The number of piperazine rings is 1. The average Bonchev–Trinajstić information content (AvgIpc) is 3.25. The van der Waals surface area contributed by atoms with E-state index in [1.165, 1.54) is 18.5 Å². The van der Waals surface area contributed by atoms with Crippen molar-refractivity contribution in [2.75, 3.05) is 32.7 Å². The summed E-state index contributed by atoms with van der Waals surface area (Å²) in [5, 5.41) is 0. The van der Waals surface area contributed by atoms with Crippen LogP contribution in [-0.2, 0) is 4.79 Å². The number of Topliss-reactive ketones (excluding diaryl/α,β-unsaturated/α-hetero) is 1. The Balaban J connectivity index is 1.66. The van der Waals surface area contributed by atoms with Gasteiger partial charge in [-0.05, 0) is 32.8 Å². The summed E-state index contributed by atoms with van der Waals surface area (Å²) < 4.78 is 2.32. The third kappa shape index (κ3) is 2.88. The Hall–Kier alpha value is -1.62. The van der Waals surface area contributed by atoms with Crippen molar-refractivity contribution in [2.45, 2.75) is 32.7 Å². The molecule has 1 saturated carbocycles. The van der Waals surface area contributed by atoms with Crippen LogP contribution < -0.4 is 0 Å². The predicted molar refractivity (Wildman–Crippen MR) is 80.6 cm³/mol. The zero-order chi connectivity index (χ0) is 15.0. The summed E-state index contributed by atoms with van der Waals surface area (Å²) in [4.78, 5) is 27.2. The molecule has 1 amide bonds. The van der Waals surface area contributed by atoms with Crippen molar-refractivity contribution in [1.82, 2.24) is 14.4 Å². The molecule has 114 valence electrons. The van der Waals surface area contributed by atoms with Gasteiger partial charge in [-0.2, -0.15) is 0 Å². The van der Waals surface area contributed by atoms with Crippen molar-refractivity contribution in [3.05, 3.63) is 23.0 Å². The van der Waals surface area contributed by atoms with Crippen LogP contribution in [0.1, 0.15) is 40.6 Å². The topological polar surface area (TPSA) is 45.6 Å². The highest BCUT2D eigenvalue weighted by Crippen LogP contribution is 2.38. The molecule has 5 heteroatoms. The molecule has 0 radical (unpaired) electrons. The minimum atomic E-state index is 0.203. The van der Waals surface area contributed by atoms with Crippen LogP contribution >= 0.6 is 0 Å². The number of hydrogen-bond acceptors (Lipinski definition) is 3. The summed E-state index contributed by atoms with van der Waals surface area (Å²) in [6.45, 7) is 7.61. The lowest BCUT2D eigenvalue weighted by Crippen LogP contribution is -2.47. The van der Waals surface area contributed by atoms with E-state index in [9.17, 15) is 9.59 Å². The van der Waals surface area contributed by atoms with Crippen LogP contribution in [-0.4, -0.2) is 59.3 Å². The molecule has 0 atom stereocenters.